The summed E-state index contributed by atoms with van der Waals surface area (Å²) in [4.78, 5) is 14.6. The van der Waals surface area contributed by atoms with Gasteiger partial charge in [-0.1, -0.05) is 23.4 Å². The molecule has 1 saturated heterocycles. The third-order valence-corrected chi connectivity index (χ3v) is 4.69. The van der Waals surface area contributed by atoms with Crippen LogP contribution in [0, 0.1) is 13.8 Å². The molecule has 0 N–H and O–H groups in total. The van der Waals surface area contributed by atoms with Gasteiger partial charge in [-0.2, -0.15) is 0 Å². The molecule has 1 aromatic carbocycles. The van der Waals surface area contributed by atoms with Crippen LogP contribution in [0.3, 0.4) is 0 Å². The largest absolute Gasteiger partial charge is 0.494 e. The Kier molecular flexibility index (Phi) is 4.88. The number of para-hydroxylation sites is 1. The molecular formula is C19H24N2O3. The number of hydrogen-bond acceptors (Lipinski definition) is 4. The second kappa shape index (κ2) is 7.07. The normalized spacial score (nSPS) is 15.5. The number of carbonyl (C=O) groups is 1. The summed E-state index contributed by atoms with van der Waals surface area (Å²) in [7, 11) is 0. The number of nitrogens with zero attached hydrogens (tertiary/aromatic N) is 2. The number of hydrogen-bond donors (Lipinski definition) is 0. The summed E-state index contributed by atoms with van der Waals surface area (Å²) in [5, 5.41) is 3.89. The van der Waals surface area contributed by atoms with Crippen LogP contribution in [0.25, 0.3) is 0 Å². The van der Waals surface area contributed by atoms with Crippen LogP contribution in [0.4, 0.5) is 0 Å². The molecular weight excluding hydrogens is 304 g/mol. The molecule has 0 radical (unpaired) electrons. The average Bonchev–Trinajstić information content (AvgIpc) is 2.94. The molecule has 1 aliphatic rings. The molecule has 1 amide bonds. The highest BCUT2D eigenvalue weighted by Gasteiger charge is 2.29. The molecule has 1 fully saturated rings. The predicted molar refractivity (Wildman–Crippen MR) is 91.5 cm³/mol. The molecule has 0 spiro atoms. The monoisotopic (exact) mass is 328 g/mol. The fourth-order valence-corrected chi connectivity index (χ4v) is 3.44. The summed E-state index contributed by atoms with van der Waals surface area (Å²) in [6.45, 7) is 7.76. The Morgan fingerprint density at radius 2 is 2.00 bits per heavy atom. The summed E-state index contributed by atoms with van der Waals surface area (Å²) in [5.74, 6) is 2.03. The summed E-state index contributed by atoms with van der Waals surface area (Å²) in [6.07, 6.45) is 1.89. The highest BCUT2D eigenvalue weighted by Crippen LogP contribution is 2.34. The van der Waals surface area contributed by atoms with Crippen molar-refractivity contribution in [1.82, 2.24) is 10.1 Å². The maximum Gasteiger partial charge on any atom is 0.259 e. The second-order valence-electron chi connectivity index (χ2n) is 6.24. The Morgan fingerprint density at radius 3 is 2.62 bits per heavy atom. The molecule has 0 aliphatic carbocycles. The van der Waals surface area contributed by atoms with E-state index in [1.165, 1.54) is 5.56 Å². The van der Waals surface area contributed by atoms with E-state index >= 15 is 0 Å². The number of aryl methyl sites for hydroxylation is 2. The van der Waals surface area contributed by atoms with E-state index < -0.39 is 0 Å². The Balaban J connectivity index is 1.69. The van der Waals surface area contributed by atoms with Crippen LogP contribution in [0.1, 0.15) is 53.1 Å². The van der Waals surface area contributed by atoms with Crippen molar-refractivity contribution in [2.24, 2.45) is 0 Å². The number of carbonyl (C=O) groups excluding carboxylic acids is 1. The first-order valence-electron chi connectivity index (χ1n) is 8.55. The van der Waals surface area contributed by atoms with Gasteiger partial charge in [0.1, 0.15) is 17.1 Å². The Hall–Kier alpha value is -2.30. The molecule has 2 heterocycles. The highest BCUT2D eigenvalue weighted by molar-refractivity contribution is 5.96. The van der Waals surface area contributed by atoms with Crippen LogP contribution in [0.5, 0.6) is 5.75 Å². The zero-order chi connectivity index (χ0) is 17.1. The van der Waals surface area contributed by atoms with Crippen molar-refractivity contribution >= 4 is 5.91 Å². The molecule has 0 atom stereocenters. The van der Waals surface area contributed by atoms with Gasteiger partial charge in [0.05, 0.1) is 12.3 Å². The van der Waals surface area contributed by atoms with E-state index in [1.54, 1.807) is 6.92 Å². The molecule has 5 nitrogen and oxygen atoms in total. The number of likely N-dealkylation sites (tertiary alicyclic amines) is 1. The molecule has 128 valence electrons. The van der Waals surface area contributed by atoms with Gasteiger partial charge in [0, 0.05) is 13.1 Å². The van der Waals surface area contributed by atoms with E-state index in [1.807, 2.05) is 30.9 Å². The molecule has 2 aromatic rings. The lowest BCUT2D eigenvalue weighted by molar-refractivity contribution is 0.0710. The van der Waals surface area contributed by atoms with Crippen LogP contribution in [-0.2, 0) is 0 Å². The second-order valence-corrected chi connectivity index (χ2v) is 6.24. The number of ether oxygens (including phenoxy) is 1. The first-order valence-corrected chi connectivity index (χ1v) is 8.55. The summed E-state index contributed by atoms with van der Waals surface area (Å²) in [6, 6.07) is 8.23. The predicted octanol–water partition coefficient (Wildman–Crippen LogP) is 3.71. The summed E-state index contributed by atoms with van der Waals surface area (Å²) in [5.41, 5.74) is 2.54. The first kappa shape index (κ1) is 16.6. The standard InChI is InChI=1S/C19H24N2O3/c1-4-23-17-8-6-5-7-16(17)15-9-11-21(12-10-15)19(22)18-13(2)20-24-14(18)3/h5-8,15H,4,9-12H2,1-3H3. The highest BCUT2D eigenvalue weighted by atomic mass is 16.5. The van der Waals surface area contributed by atoms with Gasteiger partial charge < -0.3 is 14.2 Å². The Labute approximate surface area is 142 Å². The average molecular weight is 328 g/mol. The fraction of sp³-hybridized carbons (Fsp3) is 0.474. The van der Waals surface area contributed by atoms with E-state index in [9.17, 15) is 4.79 Å². The van der Waals surface area contributed by atoms with Crippen molar-refractivity contribution in [3.05, 3.63) is 46.8 Å². The van der Waals surface area contributed by atoms with Crippen LogP contribution in [0.15, 0.2) is 28.8 Å². The third kappa shape index (κ3) is 3.16. The summed E-state index contributed by atoms with van der Waals surface area (Å²) >= 11 is 0. The van der Waals surface area contributed by atoms with E-state index in [0.717, 1.165) is 31.7 Å². The SMILES string of the molecule is CCOc1ccccc1C1CCN(C(=O)c2c(C)noc2C)CC1. The minimum absolute atomic E-state index is 0.0304. The Morgan fingerprint density at radius 1 is 1.29 bits per heavy atom. The van der Waals surface area contributed by atoms with Crippen molar-refractivity contribution in [2.45, 2.75) is 39.5 Å². The fourth-order valence-electron chi connectivity index (χ4n) is 3.44. The summed E-state index contributed by atoms with van der Waals surface area (Å²) < 4.78 is 10.9. The zero-order valence-electron chi connectivity index (χ0n) is 14.5. The van der Waals surface area contributed by atoms with Gasteiger partial charge in [-0.05, 0) is 51.2 Å². The third-order valence-electron chi connectivity index (χ3n) is 4.69. The lowest BCUT2D eigenvalue weighted by Crippen LogP contribution is -2.38. The lowest BCUT2D eigenvalue weighted by atomic mass is 9.88. The topological polar surface area (TPSA) is 55.6 Å². The molecule has 5 heteroatoms. The molecule has 0 saturated carbocycles. The van der Waals surface area contributed by atoms with Crippen LogP contribution >= 0.6 is 0 Å². The quantitative estimate of drug-likeness (QED) is 0.858. The number of amides is 1. The van der Waals surface area contributed by atoms with E-state index in [4.69, 9.17) is 9.26 Å². The van der Waals surface area contributed by atoms with E-state index in [2.05, 4.69) is 17.3 Å². The van der Waals surface area contributed by atoms with Crippen molar-refractivity contribution in [3.63, 3.8) is 0 Å². The molecule has 0 unspecified atom stereocenters. The van der Waals surface area contributed by atoms with Gasteiger partial charge in [-0.25, -0.2) is 0 Å². The molecule has 1 aromatic heterocycles. The molecule has 3 rings (SSSR count). The maximum absolute atomic E-state index is 12.7. The van der Waals surface area contributed by atoms with Crippen molar-refractivity contribution < 1.29 is 14.1 Å². The number of piperidine rings is 1. The number of benzene rings is 1. The lowest BCUT2D eigenvalue weighted by Gasteiger charge is -2.32. The van der Waals surface area contributed by atoms with E-state index in [-0.39, 0.29) is 5.91 Å². The first-order chi connectivity index (χ1) is 11.6. The number of aromatic nitrogens is 1. The van der Waals surface area contributed by atoms with Crippen LogP contribution < -0.4 is 4.74 Å². The van der Waals surface area contributed by atoms with Gasteiger partial charge in [0.2, 0.25) is 0 Å². The van der Waals surface area contributed by atoms with Crippen molar-refractivity contribution in [3.8, 4) is 5.75 Å². The molecule has 1 aliphatic heterocycles. The van der Waals surface area contributed by atoms with Gasteiger partial charge in [0.25, 0.3) is 5.91 Å². The van der Waals surface area contributed by atoms with E-state index in [0.29, 0.717) is 29.5 Å². The van der Waals surface area contributed by atoms with Crippen molar-refractivity contribution in [1.29, 1.82) is 0 Å². The minimum atomic E-state index is 0.0304. The molecule has 0 bridgehead atoms. The smallest absolute Gasteiger partial charge is 0.259 e. The van der Waals surface area contributed by atoms with Gasteiger partial charge >= 0.3 is 0 Å². The minimum Gasteiger partial charge on any atom is -0.494 e. The van der Waals surface area contributed by atoms with Crippen LogP contribution in [0.2, 0.25) is 0 Å². The maximum atomic E-state index is 12.7. The van der Waals surface area contributed by atoms with Crippen molar-refractivity contribution in [2.75, 3.05) is 19.7 Å². The van der Waals surface area contributed by atoms with Crippen LogP contribution in [-0.4, -0.2) is 35.7 Å². The molecule has 24 heavy (non-hydrogen) atoms. The zero-order valence-corrected chi connectivity index (χ0v) is 14.5. The van der Waals surface area contributed by atoms with Gasteiger partial charge in [0.15, 0.2) is 0 Å². The van der Waals surface area contributed by atoms with Gasteiger partial charge in [-0.3, -0.25) is 4.79 Å². The van der Waals surface area contributed by atoms with Gasteiger partial charge in [-0.15, -0.1) is 0 Å². The number of rotatable bonds is 4. The Bertz CT molecular complexity index is 696.